The molecule has 3 nitrogen and oxygen atoms in total. The summed E-state index contributed by atoms with van der Waals surface area (Å²) in [5.41, 5.74) is 3.20. The summed E-state index contributed by atoms with van der Waals surface area (Å²) in [6, 6.07) is 20.8. The van der Waals surface area contributed by atoms with Gasteiger partial charge in [-0.3, -0.25) is 4.98 Å². The molecule has 2 aromatic carbocycles. The highest BCUT2D eigenvalue weighted by Gasteiger charge is 2.53. The largest absolute Gasteiger partial charge is 0.382 e. The number of rotatable bonds is 6. The van der Waals surface area contributed by atoms with Crippen LogP contribution in [0, 0.1) is 11.8 Å². The van der Waals surface area contributed by atoms with Crippen LogP contribution in [0.15, 0.2) is 85.6 Å². The van der Waals surface area contributed by atoms with Gasteiger partial charge in [0.25, 0.3) is 0 Å². The molecule has 6 rings (SSSR count). The first kappa shape index (κ1) is 20.2. The lowest BCUT2D eigenvalue weighted by Crippen LogP contribution is -2.68. The van der Waals surface area contributed by atoms with Gasteiger partial charge >= 0.3 is 0 Å². The fraction of sp³-hybridized carbons (Fsp3) is 0.321. The van der Waals surface area contributed by atoms with Gasteiger partial charge in [-0.25, -0.2) is 0 Å². The van der Waals surface area contributed by atoms with Gasteiger partial charge in [-0.15, -0.1) is 6.58 Å². The summed E-state index contributed by atoms with van der Waals surface area (Å²) in [5, 5.41) is 12.8. The summed E-state index contributed by atoms with van der Waals surface area (Å²) < 4.78 is 0.939. The van der Waals surface area contributed by atoms with Crippen LogP contribution in [0.25, 0.3) is 17.0 Å². The second kappa shape index (κ2) is 8.41. The Morgan fingerprint density at radius 2 is 1.90 bits per heavy atom. The zero-order chi connectivity index (χ0) is 21.3. The van der Waals surface area contributed by atoms with E-state index in [1.165, 1.54) is 12.0 Å². The fourth-order valence-electron chi connectivity index (χ4n) is 5.97. The maximum absolute atomic E-state index is 11.7. The molecule has 158 valence electrons. The van der Waals surface area contributed by atoms with E-state index < -0.39 is 6.10 Å². The minimum Gasteiger partial charge on any atom is -0.382 e. The molecule has 3 fully saturated rings. The smallest absolute Gasteiger partial charge is 0.131 e. The normalized spacial score (nSPS) is 28.7. The Morgan fingerprint density at radius 3 is 2.74 bits per heavy atom. The van der Waals surface area contributed by atoms with E-state index in [0.717, 1.165) is 47.0 Å². The monoisotopic (exact) mass is 411 g/mol. The van der Waals surface area contributed by atoms with E-state index in [4.69, 9.17) is 0 Å². The fourth-order valence-corrected chi connectivity index (χ4v) is 5.97. The molecule has 1 aromatic heterocycles. The minimum atomic E-state index is -0.494. The average molecular weight is 412 g/mol. The first-order chi connectivity index (χ1) is 15.2. The number of fused-ring (bicyclic) bond motifs is 4. The highest BCUT2D eigenvalue weighted by molar-refractivity contribution is 5.82. The van der Waals surface area contributed by atoms with E-state index in [1.807, 2.05) is 30.5 Å². The Bertz CT molecular complexity index is 1090. The highest BCUT2D eigenvalue weighted by atomic mass is 16.3. The zero-order valence-corrected chi connectivity index (χ0v) is 18.0. The van der Waals surface area contributed by atoms with E-state index in [0.29, 0.717) is 11.8 Å². The third kappa shape index (κ3) is 3.73. The maximum atomic E-state index is 11.7. The lowest BCUT2D eigenvalue weighted by atomic mass is 9.71. The van der Waals surface area contributed by atoms with Crippen molar-refractivity contribution in [1.29, 1.82) is 0 Å². The molecule has 0 saturated carbocycles. The number of aliphatic hydroxyl groups excluding tert-OH is 1. The minimum absolute atomic E-state index is 0.196. The molecule has 0 amide bonds. The topological polar surface area (TPSA) is 33.1 Å². The summed E-state index contributed by atoms with van der Waals surface area (Å²) in [7, 11) is 0. The van der Waals surface area contributed by atoms with E-state index in [-0.39, 0.29) is 6.04 Å². The van der Waals surface area contributed by atoms with Crippen molar-refractivity contribution in [3.63, 3.8) is 0 Å². The molecule has 0 spiro atoms. The van der Waals surface area contributed by atoms with Crippen molar-refractivity contribution in [1.82, 2.24) is 4.98 Å². The maximum Gasteiger partial charge on any atom is 0.131 e. The van der Waals surface area contributed by atoms with Crippen LogP contribution in [-0.2, 0) is 0 Å². The van der Waals surface area contributed by atoms with Gasteiger partial charge in [0.15, 0.2) is 0 Å². The molecule has 3 saturated heterocycles. The lowest BCUT2D eigenvalue weighted by Gasteiger charge is -2.57. The van der Waals surface area contributed by atoms with Crippen molar-refractivity contribution in [2.75, 3.05) is 19.6 Å². The summed E-state index contributed by atoms with van der Waals surface area (Å²) in [5.74, 6) is 1.17. The predicted octanol–water partition coefficient (Wildman–Crippen LogP) is 5.39. The highest BCUT2D eigenvalue weighted by Crippen LogP contribution is 2.47. The third-order valence-corrected chi connectivity index (χ3v) is 7.62. The van der Waals surface area contributed by atoms with Gasteiger partial charge < -0.3 is 9.59 Å². The Labute approximate surface area is 185 Å². The number of benzene rings is 2. The Hall–Kier alpha value is -2.75. The molecule has 4 heterocycles. The number of nitrogens with zero attached hydrogens (tertiary/aromatic N) is 2. The van der Waals surface area contributed by atoms with E-state index in [2.05, 4.69) is 66.2 Å². The quantitative estimate of drug-likeness (QED) is 0.436. The Kier molecular flexibility index (Phi) is 5.47. The number of hydrogen-bond donors (Lipinski definition) is 1. The summed E-state index contributed by atoms with van der Waals surface area (Å²) in [6.45, 7) is 7.26. The van der Waals surface area contributed by atoms with Gasteiger partial charge in [0.05, 0.1) is 25.2 Å². The van der Waals surface area contributed by atoms with Crippen LogP contribution in [0.1, 0.15) is 30.1 Å². The Balaban J connectivity index is 1.48. The van der Waals surface area contributed by atoms with E-state index >= 15 is 0 Å². The molecule has 3 heteroatoms. The molecule has 3 aromatic rings. The molecule has 0 aliphatic carbocycles. The lowest BCUT2D eigenvalue weighted by molar-refractivity contribution is -0.968. The van der Waals surface area contributed by atoms with Crippen LogP contribution in [-0.4, -0.2) is 40.2 Å². The van der Waals surface area contributed by atoms with Crippen LogP contribution < -0.4 is 0 Å². The van der Waals surface area contributed by atoms with Gasteiger partial charge in [0.2, 0.25) is 0 Å². The third-order valence-electron chi connectivity index (χ3n) is 7.62. The molecule has 31 heavy (non-hydrogen) atoms. The number of aliphatic hydroxyl groups is 1. The van der Waals surface area contributed by atoms with Crippen molar-refractivity contribution in [2.45, 2.75) is 25.0 Å². The molecule has 3 aliphatic rings. The van der Waals surface area contributed by atoms with Crippen LogP contribution in [0.3, 0.4) is 0 Å². The number of piperidine rings is 3. The molecule has 5 atom stereocenters. The van der Waals surface area contributed by atoms with Gasteiger partial charge in [-0.05, 0) is 35.3 Å². The summed E-state index contributed by atoms with van der Waals surface area (Å²) in [6.07, 6.45) is 10.3. The first-order valence-electron chi connectivity index (χ1n) is 11.4. The SMILES string of the molecule is C=C[C@H]1C[N+]2(C/C=C/c3ccccc3)CCC1C[C@@H]2[C@@H](O)c1ccnc2ccccc12. The first-order valence-corrected chi connectivity index (χ1v) is 11.4. The van der Waals surface area contributed by atoms with Gasteiger partial charge in [-0.2, -0.15) is 0 Å². The van der Waals surface area contributed by atoms with Crippen LogP contribution >= 0.6 is 0 Å². The van der Waals surface area contributed by atoms with Crippen LogP contribution in [0.5, 0.6) is 0 Å². The summed E-state index contributed by atoms with van der Waals surface area (Å²) in [4.78, 5) is 4.50. The number of pyridine rings is 1. The second-order valence-corrected chi connectivity index (χ2v) is 9.23. The summed E-state index contributed by atoms with van der Waals surface area (Å²) >= 11 is 0. The zero-order valence-electron chi connectivity index (χ0n) is 18.0. The van der Waals surface area contributed by atoms with Gasteiger partial charge in [0, 0.05) is 30.3 Å². The van der Waals surface area contributed by atoms with Gasteiger partial charge in [0.1, 0.15) is 12.1 Å². The number of quaternary nitrogens is 1. The van der Waals surface area contributed by atoms with Crippen LogP contribution in [0.2, 0.25) is 0 Å². The molecule has 3 aliphatic heterocycles. The molecule has 0 radical (unpaired) electrons. The molecule has 1 N–H and O–H groups in total. The molecular weight excluding hydrogens is 380 g/mol. The molecule has 2 bridgehead atoms. The van der Waals surface area contributed by atoms with E-state index in [1.54, 1.807) is 0 Å². The number of aromatic nitrogens is 1. The van der Waals surface area contributed by atoms with Gasteiger partial charge in [-0.1, -0.05) is 60.7 Å². The standard InChI is InChI=1S/C28H31N2O/c1-2-22-20-30(17-8-11-21-9-4-3-5-10-21)18-15-23(22)19-27(30)28(31)25-14-16-29-26-13-7-6-12-24(25)26/h2-14,16,22-23,27-28,31H,1,15,17-20H2/q+1/b11-8+/t22-,23?,27+,28-,30?/m0/s1. The Morgan fingerprint density at radius 1 is 1.10 bits per heavy atom. The average Bonchev–Trinajstić information content (AvgIpc) is 2.84. The number of hydrogen-bond acceptors (Lipinski definition) is 2. The number of para-hydroxylation sites is 1. The van der Waals surface area contributed by atoms with E-state index in [9.17, 15) is 5.11 Å². The van der Waals surface area contributed by atoms with Crippen LogP contribution in [0.4, 0.5) is 0 Å². The van der Waals surface area contributed by atoms with Crippen molar-refractivity contribution in [3.8, 4) is 0 Å². The van der Waals surface area contributed by atoms with Crippen molar-refractivity contribution >= 4 is 17.0 Å². The molecular formula is C28H31N2O+. The van der Waals surface area contributed by atoms with Crippen molar-refractivity contribution < 1.29 is 9.59 Å². The van der Waals surface area contributed by atoms with Crippen molar-refractivity contribution in [2.24, 2.45) is 11.8 Å². The predicted molar refractivity (Wildman–Crippen MR) is 127 cm³/mol. The van der Waals surface area contributed by atoms with Crippen molar-refractivity contribution in [3.05, 3.63) is 96.7 Å². The second-order valence-electron chi connectivity index (χ2n) is 9.23. The molecule has 2 unspecified atom stereocenters.